The molecule has 1 aromatic carbocycles. The third kappa shape index (κ3) is 5.09. The highest BCUT2D eigenvalue weighted by molar-refractivity contribution is 5.97. The van der Waals surface area contributed by atoms with Crippen molar-refractivity contribution in [1.82, 2.24) is 9.80 Å². The summed E-state index contributed by atoms with van der Waals surface area (Å²) in [4.78, 5) is 16.6. The van der Waals surface area contributed by atoms with Gasteiger partial charge in [-0.15, -0.1) is 0 Å². The molecule has 0 aromatic heterocycles. The van der Waals surface area contributed by atoms with Gasteiger partial charge >= 0.3 is 0 Å². The second-order valence-electron chi connectivity index (χ2n) is 8.09. The van der Waals surface area contributed by atoms with Gasteiger partial charge in [-0.05, 0) is 56.1 Å². The zero-order chi connectivity index (χ0) is 19.3. The van der Waals surface area contributed by atoms with Crippen LogP contribution in [0.1, 0.15) is 39.2 Å². The van der Waals surface area contributed by atoms with Gasteiger partial charge in [0.05, 0.1) is 0 Å². The summed E-state index contributed by atoms with van der Waals surface area (Å²) in [7, 11) is 3.88. The summed E-state index contributed by atoms with van der Waals surface area (Å²) in [6.07, 6.45) is 3.40. The number of hydrogen-bond donors (Lipinski definition) is 1. The number of anilines is 1. The van der Waals surface area contributed by atoms with Crippen LogP contribution >= 0.6 is 0 Å². The first-order valence-corrected chi connectivity index (χ1v) is 9.15. The largest absolute Gasteiger partial charge is 0.360 e. The fourth-order valence-electron chi connectivity index (χ4n) is 3.10. The quantitative estimate of drug-likeness (QED) is 0.665. The molecular formula is C21H30N4O. The lowest BCUT2D eigenvalue weighted by atomic mass is 9.87. The maximum atomic E-state index is 12.6. The van der Waals surface area contributed by atoms with Gasteiger partial charge in [-0.2, -0.15) is 5.26 Å². The van der Waals surface area contributed by atoms with E-state index in [9.17, 15) is 10.1 Å². The van der Waals surface area contributed by atoms with E-state index in [4.69, 9.17) is 0 Å². The number of carbonyl (C=O) groups excluding carboxylic acids is 1. The normalized spacial score (nSPS) is 16.8. The Kier molecular flexibility index (Phi) is 6.44. The molecule has 1 N–H and O–H groups in total. The number of hydrogen-bond acceptors (Lipinski definition) is 4. The maximum Gasteiger partial charge on any atom is 0.266 e. The number of carbonyl (C=O) groups is 1. The molecule has 0 radical (unpaired) electrons. The van der Waals surface area contributed by atoms with Crippen LogP contribution in [0.5, 0.6) is 0 Å². The topological polar surface area (TPSA) is 59.4 Å². The molecule has 1 heterocycles. The molecule has 1 saturated heterocycles. The molecule has 1 aliphatic rings. The molecule has 0 unspecified atom stereocenters. The second-order valence-corrected chi connectivity index (χ2v) is 8.09. The molecule has 1 amide bonds. The van der Waals surface area contributed by atoms with E-state index < -0.39 is 0 Å². The molecule has 26 heavy (non-hydrogen) atoms. The number of nitrogens with one attached hydrogen (secondary N) is 1. The Morgan fingerprint density at radius 2 is 1.85 bits per heavy atom. The second kappa shape index (κ2) is 8.37. The lowest BCUT2D eigenvalue weighted by Crippen LogP contribution is -2.44. The average molecular weight is 354 g/mol. The van der Waals surface area contributed by atoms with Crippen molar-refractivity contribution in [2.24, 2.45) is 0 Å². The average Bonchev–Trinajstić information content (AvgIpc) is 2.61. The molecule has 5 heteroatoms. The zero-order valence-corrected chi connectivity index (χ0v) is 16.5. The van der Waals surface area contributed by atoms with Crippen LogP contribution in [-0.4, -0.2) is 48.9 Å². The molecule has 0 atom stereocenters. The molecule has 0 bridgehead atoms. The van der Waals surface area contributed by atoms with Gasteiger partial charge in [-0.1, -0.05) is 32.9 Å². The SMILES string of the molecule is CN1CCC(N(C)C(=O)/C(C#N)=C\Nc2ccc(C(C)(C)C)cc2)CC1. The molecule has 0 aliphatic carbocycles. The molecule has 1 fully saturated rings. The van der Waals surface area contributed by atoms with Crippen LogP contribution in [0.25, 0.3) is 0 Å². The van der Waals surface area contributed by atoms with Crippen LogP contribution in [0.15, 0.2) is 36.0 Å². The first-order chi connectivity index (χ1) is 12.2. The van der Waals surface area contributed by atoms with E-state index >= 15 is 0 Å². The minimum Gasteiger partial charge on any atom is -0.360 e. The smallest absolute Gasteiger partial charge is 0.266 e. The first-order valence-electron chi connectivity index (χ1n) is 9.15. The Bertz CT molecular complexity index is 686. The Morgan fingerprint density at radius 3 is 2.35 bits per heavy atom. The summed E-state index contributed by atoms with van der Waals surface area (Å²) in [5, 5.41) is 12.5. The highest BCUT2D eigenvalue weighted by Gasteiger charge is 2.25. The van der Waals surface area contributed by atoms with Crippen molar-refractivity contribution < 1.29 is 4.79 Å². The lowest BCUT2D eigenvalue weighted by molar-refractivity contribution is -0.128. The van der Waals surface area contributed by atoms with Crippen LogP contribution in [0.3, 0.4) is 0 Å². The summed E-state index contributed by atoms with van der Waals surface area (Å²) < 4.78 is 0. The molecule has 0 spiro atoms. The van der Waals surface area contributed by atoms with Gasteiger partial charge in [0.25, 0.3) is 5.91 Å². The summed E-state index contributed by atoms with van der Waals surface area (Å²) >= 11 is 0. The third-order valence-corrected chi connectivity index (χ3v) is 5.04. The Labute approximate surface area is 157 Å². The van der Waals surface area contributed by atoms with E-state index in [1.807, 2.05) is 18.2 Å². The predicted molar refractivity (Wildman–Crippen MR) is 106 cm³/mol. The highest BCUT2D eigenvalue weighted by atomic mass is 16.2. The fraction of sp³-hybridized carbons (Fsp3) is 0.524. The number of nitrogens with zero attached hydrogens (tertiary/aromatic N) is 3. The first kappa shape index (κ1) is 20.0. The van der Waals surface area contributed by atoms with Gasteiger partial charge in [-0.3, -0.25) is 4.79 Å². The fourth-order valence-corrected chi connectivity index (χ4v) is 3.10. The number of amides is 1. The summed E-state index contributed by atoms with van der Waals surface area (Å²) in [6.45, 7) is 8.46. The molecule has 5 nitrogen and oxygen atoms in total. The van der Waals surface area contributed by atoms with Crippen molar-refractivity contribution in [3.05, 3.63) is 41.6 Å². The monoisotopic (exact) mass is 354 g/mol. The summed E-state index contributed by atoms with van der Waals surface area (Å²) in [5.41, 5.74) is 2.33. The van der Waals surface area contributed by atoms with Crippen molar-refractivity contribution in [1.29, 1.82) is 5.26 Å². The molecule has 1 aliphatic heterocycles. The van der Waals surface area contributed by atoms with Gasteiger partial charge in [0.1, 0.15) is 11.6 Å². The number of rotatable bonds is 4. The van der Waals surface area contributed by atoms with Crippen molar-refractivity contribution >= 4 is 11.6 Å². The zero-order valence-electron chi connectivity index (χ0n) is 16.5. The lowest BCUT2D eigenvalue weighted by Gasteiger charge is -2.35. The number of likely N-dealkylation sites (tertiary alicyclic amines) is 1. The van der Waals surface area contributed by atoms with Gasteiger partial charge in [0.15, 0.2) is 0 Å². The Balaban J connectivity index is 2.03. The van der Waals surface area contributed by atoms with Gasteiger partial charge < -0.3 is 15.1 Å². The predicted octanol–water partition coefficient (Wildman–Crippen LogP) is 3.36. The van der Waals surface area contributed by atoms with E-state index in [0.29, 0.717) is 0 Å². The summed E-state index contributed by atoms with van der Waals surface area (Å²) in [6, 6.07) is 10.3. The van der Waals surface area contributed by atoms with E-state index in [-0.39, 0.29) is 22.9 Å². The van der Waals surface area contributed by atoms with Crippen molar-refractivity contribution in [3.63, 3.8) is 0 Å². The third-order valence-electron chi connectivity index (χ3n) is 5.04. The Hall–Kier alpha value is -2.32. The van der Waals surface area contributed by atoms with E-state index in [2.05, 4.69) is 50.2 Å². The molecule has 140 valence electrons. The molecular weight excluding hydrogens is 324 g/mol. The standard InChI is InChI=1S/C21H30N4O/c1-21(2,3)17-6-8-18(9-7-17)23-15-16(14-22)20(26)25(5)19-10-12-24(4)13-11-19/h6-9,15,19,23H,10-13H2,1-5H3/b16-15-. The summed E-state index contributed by atoms with van der Waals surface area (Å²) in [5.74, 6) is -0.221. The number of nitriles is 1. The Morgan fingerprint density at radius 1 is 1.27 bits per heavy atom. The number of piperidine rings is 1. The van der Waals surface area contributed by atoms with Crippen LogP contribution in [0.2, 0.25) is 0 Å². The van der Waals surface area contributed by atoms with Gasteiger partial charge in [0.2, 0.25) is 0 Å². The number of benzene rings is 1. The molecule has 2 rings (SSSR count). The van der Waals surface area contributed by atoms with Crippen LogP contribution in [0.4, 0.5) is 5.69 Å². The van der Waals surface area contributed by atoms with Crippen LogP contribution in [-0.2, 0) is 10.2 Å². The van der Waals surface area contributed by atoms with E-state index in [1.54, 1.807) is 11.9 Å². The number of likely N-dealkylation sites (N-methyl/N-ethyl adjacent to an activating group) is 1. The van der Waals surface area contributed by atoms with Crippen molar-refractivity contribution in [2.45, 2.75) is 45.1 Å². The van der Waals surface area contributed by atoms with E-state index in [1.165, 1.54) is 11.8 Å². The van der Waals surface area contributed by atoms with Crippen molar-refractivity contribution in [2.75, 3.05) is 32.5 Å². The minimum atomic E-state index is -0.221. The maximum absolute atomic E-state index is 12.6. The molecule has 1 aromatic rings. The van der Waals surface area contributed by atoms with Crippen LogP contribution in [0, 0.1) is 11.3 Å². The highest BCUT2D eigenvalue weighted by Crippen LogP contribution is 2.23. The van der Waals surface area contributed by atoms with E-state index in [0.717, 1.165) is 31.6 Å². The van der Waals surface area contributed by atoms with Gasteiger partial charge in [-0.25, -0.2) is 0 Å². The van der Waals surface area contributed by atoms with Gasteiger partial charge in [0, 0.05) is 25.0 Å². The molecule has 0 saturated carbocycles. The minimum absolute atomic E-state index is 0.0962. The van der Waals surface area contributed by atoms with Crippen LogP contribution < -0.4 is 5.32 Å². The van der Waals surface area contributed by atoms with Crippen molar-refractivity contribution in [3.8, 4) is 6.07 Å².